The Morgan fingerprint density at radius 1 is 0.524 bits per heavy atom. The quantitative estimate of drug-likeness (QED) is 0.307. The van der Waals surface area contributed by atoms with Crippen LogP contribution < -0.4 is 0 Å². The summed E-state index contributed by atoms with van der Waals surface area (Å²) in [6, 6.07) is 4.23. The van der Waals surface area contributed by atoms with Gasteiger partial charge in [0.2, 0.25) is 0 Å². The van der Waals surface area contributed by atoms with Gasteiger partial charge in [-0.05, 0) is 18.6 Å². The average Bonchev–Trinajstić information content (AvgIpc) is 3.01. The van der Waals surface area contributed by atoms with Crippen LogP contribution in [0.15, 0.2) is 24.5 Å². The van der Waals surface area contributed by atoms with Gasteiger partial charge in [-0.2, -0.15) is 0 Å². The molecule has 0 saturated heterocycles. The molecule has 0 atom stereocenters. The highest BCUT2D eigenvalue weighted by atomic mass is 14.9. The lowest BCUT2D eigenvalue weighted by molar-refractivity contribution is 0.524. The van der Waals surface area contributed by atoms with Crippen LogP contribution in [0.4, 0.5) is 0 Å². The van der Waals surface area contributed by atoms with Gasteiger partial charge in [0.05, 0.1) is 0 Å². The summed E-state index contributed by atoms with van der Waals surface area (Å²) in [4.78, 5) is 0. The Labute approximate surface area is 133 Å². The largest absolute Gasteiger partial charge is 0.354 e. The third kappa shape index (κ3) is 11.6. The van der Waals surface area contributed by atoms with Crippen LogP contribution in [0.3, 0.4) is 0 Å². The number of nitrogens with zero attached hydrogens (tertiary/aromatic N) is 1. The highest BCUT2D eigenvalue weighted by Gasteiger charge is 1.94. The molecule has 122 valence electrons. The first kappa shape index (κ1) is 18.3. The van der Waals surface area contributed by atoms with Crippen LogP contribution in [0.2, 0.25) is 0 Å². The summed E-state index contributed by atoms with van der Waals surface area (Å²) in [6.45, 7) is 3.49. The number of aromatic nitrogens is 1. The van der Waals surface area contributed by atoms with E-state index in [1.54, 1.807) is 0 Å². The van der Waals surface area contributed by atoms with E-state index >= 15 is 0 Å². The minimum Gasteiger partial charge on any atom is -0.354 e. The van der Waals surface area contributed by atoms with E-state index in [-0.39, 0.29) is 0 Å². The summed E-state index contributed by atoms with van der Waals surface area (Å²) in [6.07, 6.45) is 24.5. The number of aryl methyl sites for hydroxylation is 1. The SMILES string of the molecule is CCCCCCCCCCCCCCCCn1cccc1. The van der Waals surface area contributed by atoms with Gasteiger partial charge in [-0.3, -0.25) is 0 Å². The maximum atomic E-state index is 2.29. The molecule has 0 unspecified atom stereocenters. The minimum absolute atomic E-state index is 1.20. The molecular weight excluding hydrogens is 254 g/mol. The zero-order valence-corrected chi connectivity index (χ0v) is 14.4. The van der Waals surface area contributed by atoms with E-state index in [4.69, 9.17) is 0 Å². The fourth-order valence-electron chi connectivity index (χ4n) is 3.01. The second kappa shape index (κ2) is 14.2. The predicted molar refractivity (Wildman–Crippen MR) is 94.7 cm³/mol. The van der Waals surface area contributed by atoms with Gasteiger partial charge in [0.1, 0.15) is 0 Å². The Morgan fingerprint density at radius 2 is 0.905 bits per heavy atom. The Kier molecular flexibility index (Phi) is 12.4. The Hall–Kier alpha value is -0.720. The molecule has 1 rings (SSSR count). The molecule has 0 aromatic carbocycles. The van der Waals surface area contributed by atoms with E-state index in [0.29, 0.717) is 0 Å². The third-order valence-electron chi connectivity index (χ3n) is 4.44. The Bertz CT molecular complexity index is 289. The van der Waals surface area contributed by atoms with Gasteiger partial charge in [-0.1, -0.05) is 90.4 Å². The molecule has 0 aliphatic rings. The lowest BCUT2D eigenvalue weighted by Crippen LogP contribution is -1.93. The molecule has 0 bridgehead atoms. The van der Waals surface area contributed by atoms with Crippen molar-refractivity contribution in [1.82, 2.24) is 4.57 Å². The molecule has 0 amide bonds. The maximum Gasteiger partial charge on any atom is 0.0219 e. The summed E-state index contributed by atoms with van der Waals surface area (Å²) < 4.78 is 2.29. The van der Waals surface area contributed by atoms with Crippen molar-refractivity contribution in [1.29, 1.82) is 0 Å². The van der Waals surface area contributed by atoms with Gasteiger partial charge in [0.25, 0.3) is 0 Å². The first-order chi connectivity index (χ1) is 10.4. The van der Waals surface area contributed by atoms with Gasteiger partial charge >= 0.3 is 0 Å². The third-order valence-corrected chi connectivity index (χ3v) is 4.44. The van der Waals surface area contributed by atoms with Crippen molar-refractivity contribution in [3.8, 4) is 0 Å². The smallest absolute Gasteiger partial charge is 0.0219 e. The number of hydrogen-bond donors (Lipinski definition) is 0. The molecule has 0 N–H and O–H groups in total. The number of hydrogen-bond acceptors (Lipinski definition) is 0. The predicted octanol–water partition coefficient (Wildman–Crippen LogP) is 6.97. The highest BCUT2D eigenvalue weighted by molar-refractivity contribution is 4.89. The molecule has 0 aliphatic heterocycles. The standard InChI is InChI=1S/C20H37N/c1-2-3-4-5-6-7-8-9-10-11-12-13-14-15-18-21-19-16-17-20-21/h16-17,19-20H,2-15,18H2,1H3. The summed E-state index contributed by atoms with van der Waals surface area (Å²) in [5.74, 6) is 0. The highest BCUT2D eigenvalue weighted by Crippen LogP contribution is 2.13. The van der Waals surface area contributed by atoms with Crippen LogP contribution >= 0.6 is 0 Å². The van der Waals surface area contributed by atoms with Crippen LogP contribution in [-0.4, -0.2) is 4.57 Å². The zero-order chi connectivity index (χ0) is 15.0. The van der Waals surface area contributed by atoms with Crippen LogP contribution in [-0.2, 0) is 6.54 Å². The molecule has 1 aromatic rings. The summed E-state index contributed by atoms with van der Waals surface area (Å²) in [7, 11) is 0. The normalized spacial score (nSPS) is 11.1. The van der Waals surface area contributed by atoms with Crippen LogP contribution in [0.5, 0.6) is 0 Å². The molecule has 1 nitrogen and oxygen atoms in total. The van der Waals surface area contributed by atoms with E-state index < -0.39 is 0 Å². The molecule has 0 spiro atoms. The van der Waals surface area contributed by atoms with E-state index in [9.17, 15) is 0 Å². The minimum atomic E-state index is 1.20. The molecule has 0 fully saturated rings. The number of rotatable bonds is 15. The zero-order valence-electron chi connectivity index (χ0n) is 14.4. The van der Waals surface area contributed by atoms with E-state index in [0.717, 1.165) is 0 Å². The van der Waals surface area contributed by atoms with E-state index in [1.807, 2.05) is 0 Å². The fourth-order valence-corrected chi connectivity index (χ4v) is 3.01. The summed E-state index contributed by atoms with van der Waals surface area (Å²) >= 11 is 0. The lowest BCUT2D eigenvalue weighted by atomic mass is 10.0. The van der Waals surface area contributed by atoms with Crippen molar-refractivity contribution in [2.45, 2.75) is 103 Å². The second-order valence-corrected chi connectivity index (χ2v) is 6.52. The van der Waals surface area contributed by atoms with Gasteiger partial charge in [-0.15, -0.1) is 0 Å². The summed E-state index contributed by atoms with van der Waals surface area (Å²) in [5, 5.41) is 0. The molecule has 21 heavy (non-hydrogen) atoms. The molecular formula is C20H37N. The lowest BCUT2D eigenvalue weighted by Gasteiger charge is -2.04. The Morgan fingerprint density at radius 3 is 1.33 bits per heavy atom. The average molecular weight is 292 g/mol. The van der Waals surface area contributed by atoms with Crippen molar-refractivity contribution in [3.63, 3.8) is 0 Å². The second-order valence-electron chi connectivity index (χ2n) is 6.52. The topological polar surface area (TPSA) is 4.93 Å². The molecule has 1 aromatic heterocycles. The van der Waals surface area contributed by atoms with Crippen LogP contribution in [0, 0.1) is 0 Å². The monoisotopic (exact) mass is 291 g/mol. The molecule has 1 heteroatoms. The van der Waals surface area contributed by atoms with Crippen molar-refractivity contribution in [2.24, 2.45) is 0 Å². The molecule has 1 heterocycles. The molecule has 0 radical (unpaired) electrons. The molecule has 0 saturated carbocycles. The van der Waals surface area contributed by atoms with E-state index in [2.05, 4.69) is 36.0 Å². The first-order valence-corrected chi connectivity index (χ1v) is 9.54. The van der Waals surface area contributed by atoms with Crippen molar-refractivity contribution < 1.29 is 0 Å². The van der Waals surface area contributed by atoms with Gasteiger partial charge in [-0.25, -0.2) is 0 Å². The number of unbranched alkanes of at least 4 members (excludes halogenated alkanes) is 13. The van der Waals surface area contributed by atoms with Crippen molar-refractivity contribution in [3.05, 3.63) is 24.5 Å². The maximum absolute atomic E-state index is 2.29. The molecule has 0 aliphatic carbocycles. The Balaban J connectivity index is 1.69. The first-order valence-electron chi connectivity index (χ1n) is 9.54. The van der Waals surface area contributed by atoms with Gasteiger partial charge < -0.3 is 4.57 Å². The van der Waals surface area contributed by atoms with Crippen LogP contribution in [0.1, 0.15) is 96.8 Å². The fraction of sp³-hybridized carbons (Fsp3) is 0.800. The van der Waals surface area contributed by atoms with Gasteiger partial charge in [0.15, 0.2) is 0 Å². The van der Waals surface area contributed by atoms with Crippen molar-refractivity contribution in [2.75, 3.05) is 0 Å². The van der Waals surface area contributed by atoms with Crippen molar-refractivity contribution >= 4 is 0 Å². The van der Waals surface area contributed by atoms with Gasteiger partial charge in [0, 0.05) is 18.9 Å². The van der Waals surface area contributed by atoms with Crippen LogP contribution in [0.25, 0.3) is 0 Å². The van der Waals surface area contributed by atoms with E-state index in [1.165, 1.54) is 96.4 Å². The summed E-state index contributed by atoms with van der Waals surface area (Å²) in [5.41, 5.74) is 0.